The minimum absolute atomic E-state index is 0.0132. The molecule has 1 N–H and O–H groups in total. The molecule has 1 atom stereocenters. The third-order valence-corrected chi connectivity index (χ3v) is 5.99. The van der Waals surface area contributed by atoms with Crippen LogP contribution < -0.4 is 9.47 Å². The number of aliphatic hydroxyl groups is 1. The fraction of sp³-hybridized carbons (Fsp3) is 0.222. The summed E-state index contributed by atoms with van der Waals surface area (Å²) in [7, 11) is 3.14. The first-order valence-corrected chi connectivity index (χ1v) is 10.8. The number of Topliss-reactive ketones (excluding diaryl/α,β-unsaturated/α-hetero) is 1. The molecular weight excluding hydrogens is 432 g/mol. The van der Waals surface area contributed by atoms with Crippen molar-refractivity contribution < 1.29 is 24.2 Å². The van der Waals surface area contributed by atoms with Crippen LogP contribution in [0.3, 0.4) is 0 Å². The Morgan fingerprint density at radius 2 is 1.79 bits per heavy atom. The molecule has 0 aliphatic carbocycles. The highest BCUT2D eigenvalue weighted by atomic mass is 16.5. The molecule has 1 fully saturated rings. The zero-order valence-corrected chi connectivity index (χ0v) is 19.5. The second-order valence-electron chi connectivity index (χ2n) is 8.17. The Morgan fingerprint density at radius 1 is 1.00 bits per heavy atom. The largest absolute Gasteiger partial charge is 0.507 e. The average Bonchev–Trinajstić information content (AvgIpc) is 3.10. The van der Waals surface area contributed by atoms with Gasteiger partial charge in [0.15, 0.2) is 0 Å². The quantitative estimate of drug-likeness (QED) is 0.336. The number of nitrogens with zero attached hydrogens (tertiary/aromatic N) is 2. The standard InChI is InChI=1S/C27H26N2O5/c1-16-13-22(34-4)17(2)12-20(16)25(30)23-24(21-10-5-6-11-28-21)29(27(32)26(23)31)15-18-8-7-9-19(14-18)33-3/h5-14,24,30H,15H2,1-4H3/b25-23+. The van der Waals surface area contributed by atoms with Gasteiger partial charge < -0.3 is 19.5 Å². The Balaban J connectivity index is 1.87. The van der Waals surface area contributed by atoms with Crippen molar-refractivity contribution in [2.45, 2.75) is 26.4 Å². The van der Waals surface area contributed by atoms with Gasteiger partial charge in [0.1, 0.15) is 23.3 Å². The Bertz CT molecular complexity index is 1280. The van der Waals surface area contributed by atoms with Crippen LogP contribution in [0.4, 0.5) is 0 Å². The van der Waals surface area contributed by atoms with Crippen LogP contribution >= 0.6 is 0 Å². The summed E-state index contributed by atoms with van der Waals surface area (Å²) in [5.41, 5.74) is 3.29. The highest BCUT2D eigenvalue weighted by Crippen LogP contribution is 2.40. The lowest BCUT2D eigenvalue weighted by atomic mass is 9.95. The van der Waals surface area contributed by atoms with Gasteiger partial charge in [-0.1, -0.05) is 18.2 Å². The smallest absolute Gasteiger partial charge is 0.296 e. The Morgan fingerprint density at radius 3 is 2.47 bits per heavy atom. The number of aliphatic hydroxyl groups excluding tert-OH is 1. The van der Waals surface area contributed by atoms with Crippen molar-refractivity contribution >= 4 is 17.4 Å². The predicted octanol–water partition coefficient (Wildman–Crippen LogP) is 4.34. The van der Waals surface area contributed by atoms with Gasteiger partial charge in [0.2, 0.25) is 0 Å². The van der Waals surface area contributed by atoms with Crippen molar-refractivity contribution in [1.29, 1.82) is 0 Å². The molecule has 34 heavy (non-hydrogen) atoms. The van der Waals surface area contributed by atoms with Gasteiger partial charge in [0.05, 0.1) is 25.5 Å². The van der Waals surface area contributed by atoms with E-state index in [0.717, 1.165) is 16.7 Å². The number of amides is 1. The van der Waals surface area contributed by atoms with E-state index < -0.39 is 17.7 Å². The van der Waals surface area contributed by atoms with Gasteiger partial charge in [0, 0.05) is 18.3 Å². The van der Waals surface area contributed by atoms with Crippen LogP contribution in [0.2, 0.25) is 0 Å². The van der Waals surface area contributed by atoms with Gasteiger partial charge in [-0.05, 0) is 66.9 Å². The minimum Gasteiger partial charge on any atom is -0.507 e. The molecule has 1 saturated heterocycles. The molecule has 1 aliphatic heterocycles. The number of hydrogen-bond donors (Lipinski definition) is 1. The number of ketones is 1. The lowest BCUT2D eigenvalue weighted by molar-refractivity contribution is -0.140. The van der Waals surface area contributed by atoms with Crippen molar-refractivity contribution in [1.82, 2.24) is 9.88 Å². The number of benzene rings is 2. The van der Waals surface area contributed by atoms with E-state index in [-0.39, 0.29) is 17.9 Å². The maximum absolute atomic E-state index is 13.3. The number of rotatable bonds is 6. The first kappa shape index (κ1) is 23.0. The maximum Gasteiger partial charge on any atom is 0.296 e. The molecule has 0 spiro atoms. The zero-order valence-electron chi connectivity index (χ0n) is 19.5. The molecule has 174 valence electrons. The molecule has 1 amide bonds. The molecule has 1 unspecified atom stereocenters. The van der Waals surface area contributed by atoms with E-state index in [4.69, 9.17) is 9.47 Å². The number of carbonyl (C=O) groups excluding carboxylic acids is 2. The normalized spacial score (nSPS) is 17.2. The zero-order chi connectivity index (χ0) is 24.4. The van der Waals surface area contributed by atoms with E-state index in [9.17, 15) is 14.7 Å². The fourth-order valence-electron chi connectivity index (χ4n) is 4.27. The summed E-state index contributed by atoms with van der Waals surface area (Å²) in [5.74, 6) is -0.348. The first-order chi connectivity index (χ1) is 16.3. The number of hydrogen-bond acceptors (Lipinski definition) is 6. The van der Waals surface area contributed by atoms with Crippen molar-refractivity contribution in [2.75, 3.05) is 14.2 Å². The number of aromatic nitrogens is 1. The van der Waals surface area contributed by atoms with Crippen LogP contribution in [0.5, 0.6) is 11.5 Å². The molecule has 3 aromatic rings. The third-order valence-electron chi connectivity index (χ3n) is 5.99. The minimum atomic E-state index is -0.839. The van der Waals surface area contributed by atoms with Crippen LogP contribution in [-0.2, 0) is 16.1 Å². The summed E-state index contributed by atoms with van der Waals surface area (Å²) in [5, 5.41) is 11.4. The molecule has 4 rings (SSSR count). The van der Waals surface area contributed by atoms with Crippen LogP contribution in [0.25, 0.3) is 5.76 Å². The van der Waals surface area contributed by atoms with E-state index in [0.29, 0.717) is 22.8 Å². The lowest BCUT2D eigenvalue weighted by Crippen LogP contribution is -2.29. The number of pyridine rings is 1. The van der Waals surface area contributed by atoms with Gasteiger partial charge >= 0.3 is 0 Å². The highest BCUT2D eigenvalue weighted by molar-refractivity contribution is 6.46. The number of ether oxygens (including phenoxy) is 2. The molecule has 2 aromatic carbocycles. The highest BCUT2D eigenvalue weighted by Gasteiger charge is 2.46. The average molecular weight is 459 g/mol. The van der Waals surface area contributed by atoms with E-state index in [2.05, 4.69) is 4.98 Å². The number of carbonyl (C=O) groups is 2. The lowest BCUT2D eigenvalue weighted by Gasteiger charge is -2.25. The van der Waals surface area contributed by atoms with E-state index >= 15 is 0 Å². The molecule has 1 aliphatic rings. The van der Waals surface area contributed by atoms with Gasteiger partial charge in [-0.15, -0.1) is 0 Å². The van der Waals surface area contributed by atoms with Gasteiger partial charge in [-0.25, -0.2) is 0 Å². The Labute approximate surface area is 198 Å². The molecule has 0 saturated carbocycles. The van der Waals surface area contributed by atoms with Gasteiger partial charge in [0.25, 0.3) is 11.7 Å². The van der Waals surface area contributed by atoms with Crippen LogP contribution in [0.1, 0.15) is 34.0 Å². The molecule has 1 aromatic heterocycles. The van der Waals surface area contributed by atoms with Gasteiger partial charge in [-0.2, -0.15) is 0 Å². The second kappa shape index (κ2) is 9.39. The third kappa shape index (κ3) is 4.12. The molecule has 2 heterocycles. The Kier molecular flexibility index (Phi) is 6.36. The molecular formula is C27H26N2O5. The maximum atomic E-state index is 13.3. The summed E-state index contributed by atoms with van der Waals surface area (Å²) >= 11 is 0. The summed E-state index contributed by atoms with van der Waals surface area (Å²) in [6.45, 7) is 3.83. The second-order valence-corrected chi connectivity index (χ2v) is 8.17. The van der Waals surface area contributed by atoms with Crippen molar-refractivity contribution in [2.24, 2.45) is 0 Å². The summed E-state index contributed by atoms with van der Waals surface area (Å²) in [6.07, 6.45) is 1.60. The topological polar surface area (TPSA) is 89.0 Å². The fourth-order valence-corrected chi connectivity index (χ4v) is 4.27. The monoisotopic (exact) mass is 458 g/mol. The summed E-state index contributed by atoms with van der Waals surface area (Å²) in [6, 6.07) is 15.3. The summed E-state index contributed by atoms with van der Waals surface area (Å²) in [4.78, 5) is 32.3. The molecule has 0 radical (unpaired) electrons. The Hall–Kier alpha value is -4.13. The van der Waals surface area contributed by atoms with E-state index in [1.54, 1.807) is 50.7 Å². The van der Waals surface area contributed by atoms with E-state index in [1.165, 1.54) is 4.90 Å². The number of aryl methyl sites for hydroxylation is 2. The molecule has 7 nitrogen and oxygen atoms in total. The van der Waals surface area contributed by atoms with Crippen molar-refractivity contribution in [3.8, 4) is 11.5 Å². The first-order valence-electron chi connectivity index (χ1n) is 10.8. The van der Waals surface area contributed by atoms with E-state index in [1.807, 2.05) is 38.1 Å². The van der Waals surface area contributed by atoms with Crippen LogP contribution in [-0.4, -0.2) is 40.9 Å². The SMILES string of the molecule is COc1cccc(CN2C(=O)C(=O)/C(=C(/O)c3cc(C)c(OC)cc3C)C2c2ccccn2)c1. The van der Waals surface area contributed by atoms with Crippen LogP contribution in [0, 0.1) is 13.8 Å². The predicted molar refractivity (Wildman–Crippen MR) is 128 cm³/mol. The van der Waals surface area contributed by atoms with Crippen LogP contribution in [0.15, 0.2) is 66.4 Å². The number of methoxy groups -OCH3 is 2. The van der Waals surface area contributed by atoms with Crippen molar-refractivity contribution in [3.05, 3.63) is 94.3 Å². The molecule has 0 bridgehead atoms. The molecule has 7 heteroatoms. The number of likely N-dealkylation sites (tertiary alicyclic amines) is 1. The van der Waals surface area contributed by atoms with Crippen molar-refractivity contribution in [3.63, 3.8) is 0 Å². The van der Waals surface area contributed by atoms with Gasteiger partial charge in [-0.3, -0.25) is 14.6 Å². The summed E-state index contributed by atoms with van der Waals surface area (Å²) < 4.78 is 10.7.